The van der Waals surface area contributed by atoms with Crippen LogP contribution in [0.2, 0.25) is 0 Å². The van der Waals surface area contributed by atoms with Crippen molar-refractivity contribution in [2.24, 2.45) is 11.8 Å². The first-order valence-corrected chi connectivity index (χ1v) is 13.3. The molecule has 8 heteroatoms. The summed E-state index contributed by atoms with van der Waals surface area (Å²) in [7, 11) is -3.63. The summed E-state index contributed by atoms with van der Waals surface area (Å²) in [6.45, 7) is 7.76. The van der Waals surface area contributed by atoms with Crippen LogP contribution in [-0.2, 0) is 32.5 Å². The Morgan fingerprint density at radius 1 is 0.971 bits per heavy atom. The minimum atomic E-state index is -3.63. The Hall–Kier alpha value is -2.71. The van der Waals surface area contributed by atoms with Gasteiger partial charge in [-0.25, -0.2) is 13.2 Å². The van der Waals surface area contributed by atoms with Crippen molar-refractivity contribution in [3.05, 3.63) is 65.2 Å². The molecule has 2 heterocycles. The fraction of sp³-hybridized carbons (Fsp3) is 0.462. The summed E-state index contributed by atoms with van der Waals surface area (Å²) < 4.78 is 33.0. The van der Waals surface area contributed by atoms with E-state index in [0.717, 1.165) is 18.4 Å². The van der Waals surface area contributed by atoms with Gasteiger partial charge in [0, 0.05) is 26.2 Å². The second kappa shape index (κ2) is 9.88. The van der Waals surface area contributed by atoms with Crippen molar-refractivity contribution < 1.29 is 22.7 Å². The van der Waals surface area contributed by atoms with Gasteiger partial charge in [-0.2, -0.15) is 4.31 Å². The Bertz CT molecular complexity index is 1150. The number of rotatable bonds is 5. The third kappa shape index (κ3) is 5.18. The zero-order chi connectivity index (χ0) is 24.5. The normalized spacial score (nSPS) is 22.0. The molecule has 0 N–H and O–H groups in total. The van der Waals surface area contributed by atoms with Crippen LogP contribution in [0.25, 0.3) is 0 Å². The van der Waals surface area contributed by atoms with Crippen molar-refractivity contribution in [3.8, 4) is 0 Å². The number of nitrogens with zero attached hydrogens (tertiary/aromatic N) is 2. The van der Waals surface area contributed by atoms with Crippen LogP contribution >= 0.6 is 0 Å². The number of hydrogen-bond donors (Lipinski definition) is 0. The van der Waals surface area contributed by atoms with Gasteiger partial charge < -0.3 is 9.64 Å². The van der Waals surface area contributed by atoms with E-state index in [9.17, 15) is 18.0 Å². The van der Waals surface area contributed by atoms with Gasteiger partial charge in [-0.3, -0.25) is 4.79 Å². The third-order valence-electron chi connectivity index (χ3n) is 6.64. The summed E-state index contributed by atoms with van der Waals surface area (Å²) >= 11 is 0. The van der Waals surface area contributed by atoms with Crippen molar-refractivity contribution in [3.63, 3.8) is 0 Å². The SMILES string of the molecule is C[C@@H]1C[C@H](C)CN(S(=O)(=O)c2ccc(C(=O)O[C@H](C)C(=O)N3CCc4ccccc4C3)cc2)C1. The quantitative estimate of drug-likeness (QED) is 0.607. The molecule has 34 heavy (non-hydrogen) atoms. The molecular weight excluding hydrogens is 452 g/mol. The lowest BCUT2D eigenvalue weighted by atomic mass is 9.94. The Morgan fingerprint density at radius 3 is 2.24 bits per heavy atom. The minimum Gasteiger partial charge on any atom is -0.449 e. The van der Waals surface area contributed by atoms with Crippen LogP contribution in [0.3, 0.4) is 0 Å². The average molecular weight is 485 g/mol. The van der Waals surface area contributed by atoms with Gasteiger partial charge in [0.05, 0.1) is 10.5 Å². The van der Waals surface area contributed by atoms with Crippen molar-refractivity contribution in [1.29, 1.82) is 0 Å². The second-order valence-electron chi connectivity index (χ2n) is 9.62. The smallest absolute Gasteiger partial charge is 0.338 e. The van der Waals surface area contributed by atoms with Gasteiger partial charge in [0.2, 0.25) is 10.0 Å². The summed E-state index contributed by atoms with van der Waals surface area (Å²) in [5.41, 5.74) is 2.55. The number of carbonyl (C=O) groups is 2. The standard InChI is InChI=1S/C26H32N2O5S/c1-18-14-19(2)16-28(15-18)34(31,32)24-10-8-22(9-11-24)26(30)33-20(3)25(29)27-13-12-21-6-4-5-7-23(21)17-27/h4-11,18-20H,12-17H2,1-3H3/t18-,19+,20-/m1/s1. The number of hydrogen-bond acceptors (Lipinski definition) is 5. The lowest BCUT2D eigenvalue weighted by Crippen LogP contribution is -2.42. The van der Waals surface area contributed by atoms with Gasteiger partial charge in [-0.15, -0.1) is 0 Å². The molecule has 0 aromatic heterocycles. The number of carbonyl (C=O) groups excluding carboxylic acids is 2. The molecule has 0 unspecified atom stereocenters. The van der Waals surface area contributed by atoms with E-state index in [1.54, 1.807) is 11.8 Å². The summed E-state index contributed by atoms with van der Waals surface area (Å²) in [4.78, 5) is 27.3. The average Bonchev–Trinajstić information content (AvgIpc) is 2.82. The number of ether oxygens (including phenoxy) is 1. The van der Waals surface area contributed by atoms with Crippen LogP contribution in [0.1, 0.15) is 48.7 Å². The summed E-state index contributed by atoms with van der Waals surface area (Å²) in [6, 6.07) is 13.8. The number of esters is 1. The number of piperidine rings is 1. The van der Waals surface area contributed by atoms with E-state index in [1.165, 1.54) is 34.1 Å². The van der Waals surface area contributed by atoms with Crippen molar-refractivity contribution in [1.82, 2.24) is 9.21 Å². The number of fused-ring (bicyclic) bond motifs is 1. The molecule has 4 rings (SSSR count). The highest BCUT2D eigenvalue weighted by atomic mass is 32.2. The van der Waals surface area contributed by atoms with Gasteiger partial charge >= 0.3 is 5.97 Å². The molecule has 2 aromatic rings. The van der Waals surface area contributed by atoms with E-state index >= 15 is 0 Å². The van der Waals surface area contributed by atoms with Gasteiger partial charge in [0.25, 0.3) is 5.91 Å². The van der Waals surface area contributed by atoms with Crippen LogP contribution in [-0.4, -0.2) is 55.2 Å². The van der Waals surface area contributed by atoms with Crippen LogP contribution in [0.15, 0.2) is 53.4 Å². The largest absolute Gasteiger partial charge is 0.449 e. The molecule has 7 nitrogen and oxygen atoms in total. The maximum absolute atomic E-state index is 13.0. The highest BCUT2D eigenvalue weighted by molar-refractivity contribution is 7.89. The van der Waals surface area contributed by atoms with Crippen LogP contribution in [0.4, 0.5) is 0 Å². The predicted octanol–water partition coefficient (Wildman–Crippen LogP) is 3.48. The van der Waals surface area contributed by atoms with Crippen molar-refractivity contribution in [2.45, 2.75) is 51.2 Å². The maximum atomic E-state index is 13.0. The third-order valence-corrected chi connectivity index (χ3v) is 8.48. The van der Waals surface area contributed by atoms with Crippen LogP contribution in [0, 0.1) is 11.8 Å². The highest BCUT2D eigenvalue weighted by Crippen LogP contribution is 2.27. The number of amides is 1. The van der Waals surface area contributed by atoms with E-state index in [0.29, 0.717) is 38.0 Å². The molecule has 2 aliphatic heterocycles. The highest BCUT2D eigenvalue weighted by Gasteiger charge is 2.32. The Balaban J connectivity index is 1.38. The molecule has 2 aliphatic rings. The molecule has 0 bridgehead atoms. The first-order valence-electron chi connectivity index (χ1n) is 11.8. The molecule has 1 fully saturated rings. The zero-order valence-electron chi connectivity index (χ0n) is 19.9. The van der Waals surface area contributed by atoms with Gasteiger partial charge in [-0.1, -0.05) is 38.1 Å². The second-order valence-corrected chi connectivity index (χ2v) is 11.6. The fourth-order valence-electron chi connectivity index (χ4n) is 4.93. The van der Waals surface area contributed by atoms with Crippen molar-refractivity contribution in [2.75, 3.05) is 19.6 Å². The Kier molecular flexibility index (Phi) is 7.09. The van der Waals surface area contributed by atoms with Crippen LogP contribution in [0.5, 0.6) is 0 Å². The molecule has 2 aromatic carbocycles. The Labute approximate surface area is 201 Å². The number of sulfonamides is 1. The zero-order valence-corrected chi connectivity index (χ0v) is 20.8. The van der Waals surface area contributed by atoms with E-state index in [4.69, 9.17) is 4.74 Å². The predicted molar refractivity (Wildman–Crippen MR) is 129 cm³/mol. The topological polar surface area (TPSA) is 84.0 Å². The molecule has 0 saturated carbocycles. The first-order chi connectivity index (χ1) is 16.1. The lowest BCUT2D eigenvalue weighted by Gasteiger charge is -2.34. The lowest BCUT2D eigenvalue weighted by molar-refractivity contribution is -0.140. The van der Waals surface area contributed by atoms with E-state index < -0.39 is 22.1 Å². The summed E-state index contributed by atoms with van der Waals surface area (Å²) in [5, 5.41) is 0. The summed E-state index contributed by atoms with van der Waals surface area (Å²) in [5.74, 6) is -0.279. The summed E-state index contributed by atoms with van der Waals surface area (Å²) in [6.07, 6.45) is 0.850. The van der Waals surface area contributed by atoms with E-state index in [2.05, 4.69) is 19.9 Å². The fourth-order valence-corrected chi connectivity index (χ4v) is 6.61. The first kappa shape index (κ1) is 24.4. The van der Waals surface area contributed by atoms with Gasteiger partial charge in [-0.05, 0) is 67.0 Å². The van der Waals surface area contributed by atoms with Crippen molar-refractivity contribution >= 4 is 21.9 Å². The van der Waals surface area contributed by atoms with Crippen LogP contribution < -0.4 is 0 Å². The molecule has 0 aliphatic carbocycles. The Morgan fingerprint density at radius 2 is 1.59 bits per heavy atom. The molecule has 1 saturated heterocycles. The molecular formula is C26H32N2O5S. The minimum absolute atomic E-state index is 0.154. The van der Waals surface area contributed by atoms with E-state index in [-0.39, 0.29) is 16.4 Å². The maximum Gasteiger partial charge on any atom is 0.338 e. The molecule has 0 radical (unpaired) electrons. The number of benzene rings is 2. The van der Waals surface area contributed by atoms with Gasteiger partial charge in [0.15, 0.2) is 6.10 Å². The molecule has 3 atom stereocenters. The monoisotopic (exact) mass is 484 g/mol. The molecule has 1 amide bonds. The molecule has 0 spiro atoms. The van der Waals surface area contributed by atoms with E-state index in [1.807, 2.05) is 18.2 Å². The molecule has 182 valence electrons. The van der Waals surface area contributed by atoms with Gasteiger partial charge in [0.1, 0.15) is 0 Å².